The van der Waals surface area contributed by atoms with E-state index in [1.165, 1.54) is 0 Å². The number of likely N-dealkylation sites (N-methyl/N-ethyl adjacent to an activating group) is 1. The van der Waals surface area contributed by atoms with Gasteiger partial charge in [-0.1, -0.05) is 0 Å². The minimum absolute atomic E-state index is 0.0607. The van der Waals surface area contributed by atoms with Crippen molar-refractivity contribution < 1.29 is 9.90 Å². The summed E-state index contributed by atoms with van der Waals surface area (Å²) in [6.07, 6.45) is 0. The monoisotopic (exact) mass is 222 g/mol. The van der Waals surface area contributed by atoms with Crippen LogP contribution in [-0.2, 0) is 4.79 Å². The third kappa shape index (κ3) is 3.24. The van der Waals surface area contributed by atoms with Crippen molar-refractivity contribution in [2.45, 2.75) is 13.8 Å². The van der Waals surface area contributed by atoms with Crippen LogP contribution in [0.3, 0.4) is 0 Å². The molecule has 0 saturated heterocycles. The number of rotatable bonds is 3. The predicted molar refractivity (Wildman–Crippen MR) is 64.8 cm³/mol. The first-order valence-corrected chi connectivity index (χ1v) is 5.15. The number of amides is 1. The number of hydrogen-bond donors (Lipinski definition) is 2. The second-order valence-corrected chi connectivity index (χ2v) is 4.24. The Hall–Kier alpha value is -1.55. The molecule has 0 saturated carbocycles. The van der Waals surface area contributed by atoms with Gasteiger partial charge in [-0.2, -0.15) is 0 Å². The van der Waals surface area contributed by atoms with E-state index >= 15 is 0 Å². The second kappa shape index (κ2) is 4.99. The highest BCUT2D eigenvalue weighted by Crippen LogP contribution is 2.25. The molecule has 0 fully saturated rings. The number of phenols is 1. The summed E-state index contributed by atoms with van der Waals surface area (Å²) in [6.45, 7) is 3.97. The van der Waals surface area contributed by atoms with Crippen LogP contribution in [0.25, 0.3) is 0 Å². The zero-order valence-electron chi connectivity index (χ0n) is 10.2. The van der Waals surface area contributed by atoms with Crippen LogP contribution in [0.1, 0.15) is 11.1 Å². The van der Waals surface area contributed by atoms with Crippen LogP contribution in [0.15, 0.2) is 12.1 Å². The lowest BCUT2D eigenvalue weighted by molar-refractivity contribution is -0.116. The Morgan fingerprint density at radius 3 is 2.25 bits per heavy atom. The van der Waals surface area contributed by atoms with Crippen LogP contribution in [-0.4, -0.2) is 36.6 Å². The average molecular weight is 222 g/mol. The fraction of sp³-hybridized carbons (Fsp3) is 0.417. The van der Waals surface area contributed by atoms with E-state index in [1.54, 1.807) is 17.0 Å². The lowest BCUT2D eigenvalue weighted by Gasteiger charge is -2.12. The number of nitrogens with one attached hydrogen (secondary N) is 1. The van der Waals surface area contributed by atoms with E-state index in [9.17, 15) is 9.90 Å². The van der Waals surface area contributed by atoms with Crippen LogP contribution in [0, 0.1) is 13.8 Å². The Bertz CT molecular complexity index is 377. The van der Waals surface area contributed by atoms with Crippen LogP contribution in [0.2, 0.25) is 0 Å². The number of anilines is 1. The molecule has 1 amide bonds. The molecule has 4 heteroatoms. The molecule has 16 heavy (non-hydrogen) atoms. The van der Waals surface area contributed by atoms with Gasteiger partial charge in [-0.25, -0.2) is 0 Å². The molecule has 0 atom stereocenters. The number of phenolic OH excluding ortho intramolecular Hbond substituents is 1. The van der Waals surface area contributed by atoms with Crippen molar-refractivity contribution in [3.63, 3.8) is 0 Å². The largest absolute Gasteiger partial charge is 0.507 e. The number of hydrogen-bond acceptors (Lipinski definition) is 3. The molecule has 0 aromatic heterocycles. The molecule has 0 aliphatic heterocycles. The molecule has 1 aromatic carbocycles. The first-order chi connectivity index (χ1) is 7.40. The summed E-state index contributed by atoms with van der Waals surface area (Å²) in [7, 11) is 3.68. The molecule has 0 aliphatic rings. The molecule has 0 heterocycles. The Kier molecular flexibility index (Phi) is 3.90. The van der Waals surface area contributed by atoms with Crippen molar-refractivity contribution in [3.05, 3.63) is 23.3 Å². The van der Waals surface area contributed by atoms with Crippen LogP contribution < -0.4 is 5.32 Å². The van der Waals surface area contributed by atoms with Crippen molar-refractivity contribution in [2.75, 3.05) is 26.0 Å². The van der Waals surface area contributed by atoms with Gasteiger partial charge in [0.15, 0.2) is 0 Å². The van der Waals surface area contributed by atoms with Gasteiger partial charge in [0.1, 0.15) is 5.75 Å². The topological polar surface area (TPSA) is 52.6 Å². The first-order valence-electron chi connectivity index (χ1n) is 5.15. The van der Waals surface area contributed by atoms with Gasteiger partial charge in [-0.3, -0.25) is 4.79 Å². The fourth-order valence-corrected chi connectivity index (χ4v) is 1.52. The molecule has 4 nitrogen and oxygen atoms in total. The van der Waals surface area contributed by atoms with Gasteiger partial charge in [0.05, 0.1) is 6.54 Å². The average Bonchev–Trinajstić information content (AvgIpc) is 2.12. The van der Waals surface area contributed by atoms with E-state index in [0.29, 0.717) is 6.54 Å². The number of nitrogens with zero attached hydrogens (tertiary/aromatic N) is 1. The quantitative estimate of drug-likeness (QED) is 0.762. The van der Waals surface area contributed by atoms with Crippen molar-refractivity contribution in [3.8, 4) is 5.75 Å². The highest BCUT2D eigenvalue weighted by Gasteiger charge is 2.07. The van der Waals surface area contributed by atoms with E-state index < -0.39 is 0 Å². The van der Waals surface area contributed by atoms with E-state index in [2.05, 4.69) is 5.32 Å². The molecule has 2 N–H and O–H groups in total. The van der Waals surface area contributed by atoms with Crippen molar-refractivity contribution in [2.24, 2.45) is 0 Å². The van der Waals surface area contributed by atoms with Crippen LogP contribution in [0.5, 0.6) is 5.75 Å². The van der Waals surface area contributed by atoms with Gasteiger partial charge in [-0.05, 0) is 51.2 Å². The summed E-state index contributed by atoms with van der Waals surface area (Å²) in [5.74, 6) is 0.222. The molecular weight excluding hydrogens is 204 g/mol. The fourth-order valence-electron chi connectivity index (χ4n) is 1.52. The third-order valence-electron chi connectivity index (χ3n) is 2.23. The van der Waals surface area contributed by atoms with Crippen LogP contribution >= 0.6 is 0 Å². The first kappa shape index (κ1) is 12.5. The number of aromatic hydroxyl groups is 1. The molecule has 0 aliphatic carbocycles. The van der Waals surface area contributed by atoms with Gasteiger partial charge < -0.3 is 15.3 Å². The summed E-state index contributed by atoms with van der Waals surface area (Å²) in [5, 5.41) is 12.4. The van der Waals surface area contributed by atoms with Gasteiger partial charge in [0.25, 0.3) is 0 Å². The maximum Gasteiger partial charge on any atom is 0.238 e. The van der Waals surface area contributed by atoms with Crippen molar-refractivity contribution >= 4 is 11.6 Å². The Balaban J connectivity index is 2.79. The zero-order valence-corrected chi connectivity index (χ0v) is 10.2. The Labute approximate surface area is 95.9 Å². The third-order valence-corrected chi connectivity index (χ3v) is 2.23. The molecule has 1 rings (SSSR count). The van der Waals surface area contributed by atoms with E-state index in [-0.39, 0.29) is 11.7 Å². The summed E-state index contributed by atoms with van der Waals surface area (Å²) in [6, 6.07) is 3.52. The number of aryl methyl sites for hydroxylation is 2. The lowest BCUT2D eigenvalue weighted by Crippen LogP contribution is -2.27. The van der Waals surface area contributed by atoms with Crippen molar-refractivity contribution in [1.29, 1.82) is 0 Å². The molecule has 0 unspecified atom stereocenters. The van der Waals surface area contributed by atoms with E-state index in [1.807, 2.05) is 27.9 Å². The van der Waals surface area contributed by atoms with Gasteiger partial charge in [0.2, 0.25) is 5.91 Å². The summed E-state index contributed by atoms with van der Waals surface area (Å²) >= 11 is 0. The summed E-state index contributed by atoms with van der Waals surface area (Å²) in [4.78, 5) is 13.3. The predicted octanol–water partition coefficient (Wildman–Crippen LogP) is 1.51. The molecule has 0 spiro atoms. The molecule has 0 radical (unpaired) electrons. The maximum atomic E-state index is 11.5. The SMILES string of the molecule is Cc1cc(NC(=O)CN(C)C)cc(C)c1O. The molecular formula is C12H18N2O2. The maximum absolute atomic E-state index is 11.5. The molecule has 0 bridgehead atoms. The van der Waals surface area contributed by atoms with E-state index in [4.69, 9.17) is 0 Å². The van der Waals surface area contributed by atoms with Gasteiger partial charge >= 0.3 is 0 Å². The second-order valence-electron chi connectivity index (χ2n) is 4.24. The minimum atomic E-state index is -0.0607. The zero-order chi connectivity index (χ0) is 12.3. The lowest BCUT2D eigenvalue weighted by atomic mass is 10.1. The minimum Gasteiger partial charge on any atom is -0.507 e. The Morgan fingerprint density at radius 2 is 1.81 bits per heavy atom. The number of carbonyl (C=O) groups excluding carboxylic acids is 1. The standard InChI is InChI=1S/C12H18N2O2/c1-8-5-10(6-9(2)12(8)16)13-11(15)7-14(3)4/h5-6,16H,7H2,1-4H3,(H,13,15). The Morgan fingerprint density at radius 1 is 1.31 bits per heavy atom. The number of benzene rings is 1. The van der Waals surface area contributed by atoms with E-state index in [0.717, 1.165) is 16.8 Å². The van der Waals surface area contributed by atoms with Crippen molar-refractivity contribution in [1.82, 2.24) is 4.90 Å². The molecule has 1 aromatic rings. The molecule has 88 valence electrons. The summed E-state index contributed by atoms with van der Waals surface area (Å²) < 4.78 is 0. The van der Waals surface area contributed by atoms with Gasteiger partial charge in [-0.15, -0.1) is 0 Å². The smallest absolute Gasteiger partial charge is 0.238 e. The normalized spacial score (nSPS) is 10.6. The highest BCUT2D eigenvalue weighted by molar-refractivity contribution is 5.92. The summed E-state index contributed by atoms with van der Waals surface area (Å²) in [5.41, 5.74) is 2.25. The highest BCUT2D eigenvalue weighted by atomic mass is 16.3. The number of carbonyl (C=O) groups is 1. The van der Waals surface area contributed by atoms with Gasteiger partial charge in [0, 0.05) is 5.69 Å². The van der Waals surface area contributed by atoms with Crippen LogP contribution in [0.4, 0.5) is 5.69 Å².